The predicted octanol–water partition coefficient (Wildman–Crippen LogP) is 4.02. The average Bonchev–Trinajstić information content (AvgIpc) is 3.81. The number of hydrogen-bond donors (Lipinski definition) is 3. The van der Waals surface area contributed by atoms with Crippen LogP contribution in [0.3, 0.4) is 0 Å². The van der Waals surface area contributed by atoms with Crippen molar-refractivity contribution in [3.8, 4) is 0 Å². The number of nitrogens with zero attached hydrogens (tertiary/aromatic N) is 1. The highest BCUT2D eigenvalue weighted by Gasteiger charge is 2.44. The molecule has 3 aliphatic rings. The molecule has 9 nitrogen and oxygen atoms in total. The molecular weight excluding hydrogens is 576 g/mol. The Morgan fingerprint density at radius 3 is 2.34 bits per heavy atom. The first-order chi connectivity index (χ1) is 21.4. The van der Waals surface area contributed by atoms with Gasteiger partial charge in [-0.2, -0.15) is 0 Å². The van der Waals surface area contributed by atoms with Crippen LogP contribution in [0, 0.1) is 0 Å². The number of fused-ring (bicyclic) bond motifs is 1. The van der Waals surface area contributed by atoms with Crippen molar-refractivity contribution >= 4 is 39.1 Å². The van der Waals surface area contributed by atoms with Gasteiger partial charge < -0.3 is 30.3 Å². The van der Waals surface area contributed by atoms with Crippen LogP contribution in [0.15, 0.2) is 60.7 Å². The molecule has 2 aromatic carbocycles. The molecule has 44 heavy (non-hydrogen) atoms. The molecule has 234 valence electrons. The number of rotatable bonds is 11. The first-order valence-corrected chi connectivity index (χ1v) is 16.7. The van der Waals surface area contributed by atoms with E-state index >= 15 is 0 Å². The molecule has 1 atom stereocenters. The highest BCUT2D eigenvalue weighted by Crippen LogP contribution is 2.33. The molecule has 10 heteroatoms. The topological polar surface area (TPSA) is 109 Å². The normalized spacial score (nSPS) is 20.0. The number of hydrogen-bond acceptors (Lipinski definition) is 7. The molecule has 1 aliphatic carbocycles. The summed E-state index contributed by atoms with van der Waals surface area (Å²) in [7, 11) is 0. The van der Waals surface area contributed by atoms with E-state index in [1.807, 2.05) is 60.7 Å². The van der Waals surface area contributed by atoms with Gasteiger partial charge in [0.1, 0.15) is 11.6 Å². The van der Waals surface area contributed by atoms with E-state index in [2.05, 4.69) is 20.9 Å². The fourth-order valence-electron chi connectivity index (χ4n) is 6.66. The molecule has 1 saturated carbocycles. The number of likely N-dealkylation sites (tertiary alicyclic amines) is 1. The van der Waals surface area contributed by atoms with E-state index in [1.165, 1.54) is 11.3 Å². The Labute approximate surface area is 262 Å². The quantitative estimate of drug-likeness (QED) is 0.280. The first-order valence-electron chi connectivity index (χ1n) is 15.9. The molecule has 3 aromatic rings. The van der Waals surface area contributed by atoms with Crippen LogP contribution in [0.5, 0.6) is 0 Å². The van der Waals surface area contributed by atoms with Crippen LogP contribution < -0.4 is 16.0 Å². The van der Waals surface area contributed by atoms with Gasteiger partial charge in [-0.05, 0) is 48.9 Å². The number of benzene rings is 2. The SMILES string of the molecule is O=C(NC1(C(=O)N[C@H](Cc2ccccc2)C(=O)NCCCN2CCC3(CC2)OCCO3)CCCC1)c1cc2ccccc2s1. The van der Waals surface area contributed by atoms with Gasteiger partial charge in [-0.25, -0.2) is 0 Å². The standard InChI is InChI=1S/C34H42N4O5S/c39-30(35-17-8-18-38-19-15-34(16-20-38)42-21-22-43-34)27(23-25-9-2-1-3-10-25)36-32(41)33(13-6-7-14-33)37-31(40)29-24-26-11-4-5-12-28(26)44-29/h1-5,9-12,24,27H,6-8,13-23H2,(H,35,39)(H,36,41)(H,37,40)/t27-/m1/s1. The lowest BCUT2D eigenvalue weighted by Gasteiger charge is -2.37. The van der Waals surface area contributed by atoms with Crippen LogP contribution in [-0.2, 0) is 25.5 Å². The van der Waals surface area contributed by atoms with Crippen molar-refractivity contribution in [2.75, 3.05) is 39.4 Å². The summed E-state index contributed by atoms with van der Waals surface area (Å²) in [4.78, 5) is 43.8. The molecular formula is C34H42N4O5S. The third-order valence-electron chi connectivity index (χ3n) is 9.18. The van der Waals surface area contributed by atoms with E-state index in [-0.39, 0.29) is 23.5 Å². The third-order valence-corrected chi connectivity index (χ3v) is 10.3. The molecule has 1 spiro atoms. The van der Waals surface area contributed by atoms with Crippen LogP contribution in [0.1, 0.15) is 60.2 Å². The summed E-state index contributed by atoms with van der Waals surface area (Å²) < 4.78 is 12.7. The first kappa shape index (κ1) is 30.7. The number of amides is 3. The maximum atomic E-state index is 13.9. The molecule has 1 aromatic heterocycles. The van der Waals surface area contributed by atoms with Crippen LogP contribution in [0.2, 0.25) is 0 Å². The monoisotopic (exact) mass is 618 g/mol. The average molecular weight is 619 g/mol. The van der Waals surface area contributed by atoms with Crippen molar-refractivity contribution in [1.82, 2.24) is 20.9 Å². The van der Waals surface area contributed by atoms with E-state index in [9.17, 15) is 14.4 Å². The van der Waals surface area contributed by atoms with Crippen molar-refractivity contribution < 1.29 is 23.9 Å². The largest absolute Gasteiger partial charge is 0.354 e. The molecule has 3 fully saturated rings. The summed E-state index contributed by atoms with van der Waals surface area (Å²) in [5, 5.41) is 10.2. The molecule has 0 bridgehead atoms. The third kappa shape index (κ3) is 7.15. The Bertz CT molecular complexity index is 1410. The predicted molar refractivity (Wildman–Crippen MR) is 171 cm³/mol. The minimum Gasteiger partial charge on any atom is -0.354 e. The Kier molecular flexibility index (Phi) is 9.61. The highest BCUT2D eigenvalue weighted by atomic mass is 32.1. The van der Waals surface area contributed by atoms with E-state index in [0.29, 0.717) is 43.9 Å². The zero-order valence-electron chi connectivity index (χ0n) is 25.1. The lowest BCUT2D eigenvalue weighted by atomic mass is 9.94. The zero-order valence-corrected chi connectivity index (χ0v) is 26.0. The summed E-state index contributed by atoms with van der Waals surface area (Å²) in [5.74, 6) is -1.14. The Hall–Kier alpha value is -3.31. The molecule has 2 aliphatic heterocycles. The molecule has 2 saturated heterocycles. The maximum absolute atomic E-state index is 13.9. The van der Waals surface area contributed by atoms with Crippen molar-refractivity contribution in [2.45, 2.75) is 68.7 Å². The fourth-order valence-corrected chi connectivity index (χ4v) is 7.61. The molecule has 6 rings (SSSR count). The summed E-state index contributed by atoms with van der Waals surface area (Å²) in [6.45, 7) is 4.56. The van der Waals surface area contributed by atoms with E-state index in [4.69, 9.17) is 9.47 Å². The number of thiophene rings is 1. The van der Waals surface area contributed by atoms with Gasteiger partial charge in [-0.15, -0.1) is 11.3 Å². The second-order valence-electron chi connectivity index (χ2n) is 12.2. The van der Waals surface area contributed by atoms with Crippen LogP contribution in [0.25, 0.3) is 10.1 Å². The smallest absolute Gasteiger partial charge is 0.262 e. The Balaban J connectivity index is 1.07. The molecule has 0 unspecified atom stereocenters. The van der Waals surface area contributed by atoms with Crippen LogP contribution in [-0.4, -0.2) is 79.4 Å². The van der Waals surface area contributed by atoms with Gasteiger partial charge in [0.2, 0.25) is 11.8 Å². The molecule has 3 heterocycles. The molecule has 0 radical (unpaired) electrons. The number of carbonyl (C=O) groups excluding carboxylic acids is 3. The summed E-state index contributed by atoms with van der Waals surface area (Å²) in [5.41, 5.74) is -0.0813. The van der Waals surface area contributed by atoms with Crippen LogP contribution >= 0.6 is 11.3 Å². The van der Waals surface area contributed by atoms with E-state index in [1.54, 1.807) is 0 Å². The minimum absolute atomic E-state index is 0.212. The van der Waals surface area contributed by atoms with Gasteiger partial charge in [0.15, 0.2) is 5.79 Å². The van der Waals surface area contributed by atoms with Crippen molar-refractivity contribution in [1.29, 1.82) is 0 Å². The van der Waals surface area contributed by atoms with Gasteiger partial charge in [0.25, 0.3) is 5.91 Å². The van der Waals surface area contributed by atoms with Crippen molar-refractivity contribution in [3.63, 3.8) is 0 Å². The van der Waals surface area contributed by atoms with Crippen LogP contribution in [0.4, 0.5) is 0 Å². The second kappa shape index (κ2) is 13.8. The minimum atomic E-state index is -1.04. The van der Waals surface area contributed by atoms with Gasteiger partial charge in [0.05, 0.1) is 18.1 Å². The Morgan fingerprint density at radius 2 is 1.61 bits per heavy atom. The van der Waals surface area contributed by atoms with E-state index in [0.717, 1.165) is 67.4 Å². The van der Waals surface area contributed by atoms with Gasteiger partial charge in [0, 0.05) is 43.6 Å². The van der Waals surface area contributed by atoms with Crippen molar-refractivity contribution in [2.24, 2.45) is 0 Å². The summed E-state index contributed by atoms with van der Waals surface area (Å²) in [6, 6.07) is 18.7. The fraction of sp³-hybridized carbons (Fsp3) is 0.500. The number of carbonyl (C=O) groups is 3. The lowest BCUT2D eigenvalue weighted by Crippen LogP contribution is -2.61. The number of nitrogens with one attached hydrogen (secondary N) is 3. The molecule has 3 N–H and O–H groups in total. The zero-order chi connectivity index (χ0) is 30.4. The summed E-state index contributed by atoms with van der Waals surface area (Å²) in [6.07, 6.45) is 5.67. The number of ether oxygens (including phenoxy) is 2. The lowest BCUT2D eigenvalue weighted by molar-refractivity contribution is -0.185. The number of piperidine rings is 1. The van der Waals surface area contributed by atoms with Gasteiger partial charge >= 0.3 is 0 Å². The second-order valence-corrected chi connectivity index (χ2v) is 13.3. The molecule has 3 amide bonds. The summed E-state index contributed by atoms with van der Waals surface area (Å²) >= 11 is 1.42. The van der Waals surface area contributed by atoms with Crippen molar-refractivity contribution in [3.05, 3.63) is 71.1 Å². The van der Waals surface area contributed by atoms with Gasteiger partial charge in [-0.1, -0.05) is 61.4 Å². The Morgan fingerprint density at radius 1 is 0.909 bits per heavy atom. The maximum Gasteiger partial charge on any atom is 0.262 e. The highest BCUT2D eigenvalue weighted by molar-refractivity contribution is 7.20. The van der Waals surface area contributed by atoms with Gasteiger partial charge in [-0.3, -0.25) is 14.4 Å². The van der Waals surface area contributed by atoms with E-state index < -0.39 is 11.6 Å².